The summed E-state index contributed by atoms with van der Waals surface area (Å²) in [5.74, 6) is 1.94. The molecule has 2 heterocycles. The van der Waals surface area contributed by atoms with Crippen molar-refractivity contribution in [2.24, 2.45) is 4.99 Å². The molecule has 2 N–H and O–H groups in total. The number of halogens is 1. The van der Waals surface area contributed by atoms with E-state index in [1.807, 2.05) is 36.5 Å². The first-order valence-corrected chi connectivity index (χ1v) is 10.5. The Hall–Kier alpha value is -3.16. The normalized spacial score (nSPS) is 15.9. The van der Waals surface area contributed by atoms with Gasteiger partial charge in [-0.1, -0.05) is 29.8 Å². The molecule has 3 aromatic rings. The molecule has 1 aliphatic rings. The molecule has 0 saturated carbocycles. The first kappa shape index (κ1) is 21.1. The predicted octanol–water partition coefficient (Wildman–Crippen LogP) is 4.53. The summed E-state index contributed by atoms with van der Waals surface area (Å²) in [6.07, 6.45) is 8.38. The lowest BCUT2D eigenvalue weighted by Crippen LogP contribution is -2.16. The van der Waals surface area contributed by atoms with Crippen molar-refractivity contribution in [3.05, 3.63) is 59.4 Å². The van der Waals surface area contributed by atoms with Gasteiger partial charge in [-0.15, -0.1) is 0 Å². The first-order valence-electron chi connectivity index (χ1n) is 10.1. The van der Waals surface area contributed by atoms with Gasteiger partial charge in [0.2, 0.25) is 0 Å². The van der Waals surface area contributed by atoms with Gasteiger partial charge in [0.05, 0.1) is 25.8 Å². The number of nitrogens with one attached hydrogen (secondary N) is 2. The Morgan fingerprint density at radius 3 is 2.94 bits per heavy atom. The summed E-state index contributed by atoms with van der Waals surface area (Å²) < 4.78 is 11.5. The number of methoxy groups -OCH3 is 1. The van der Waals surface area contributed by atoms with Crippen molar-refractivity contribution in [3.8, 4) is 11.5 Å². The van der Waals surface area contributed by atoms with Crippen molar-refractivity contribution in [3.63, 3.8) is 0 Å². The maximum Gasteiger partial charge on any atom is 0.162 e. The highest BCUT2D eigenvalue weighted by molar-refractivity contribution is 6.30. The highest BCUT2D eigenvalue weighted by atomic mass is 35.5. The zero-order valence-electron chi connectivity index (χ0n) is 17.3. The molecule has 1 aliphatic heterocycles. The van der Waals surface area contributed by atoms with Crippen molar-refractivity contribution in [1.82, 2.24) is 15.3 Å². The fourth-order valence-corrected chi connectivity index (χ4v) is 3.44. The lowest BCUT2D eigenvalue weighted by molar-refractivity contribution is 0.300. The number of benzene rings is 2. The van der Waals surface area contributed by atoms with Gasteiger partial charge in [0.15, 0.2) is 11.5 Å². The van der Waals surface area contributed by atoms with Crippen LogP contribution in [0.4, 0.5) is 11.5 Å². The topological polar surface area (TPSA) is 80.7 Å². The Kier molecular flexibility index (Phi) is 6.96. The van der Waals surface area contributed by atoms with E-state index < -0.39 is 0 Å². The van der Waals surface area contributed by atoms with E-state index in [-0.39, 0.29) is 0 Å². The third-order valence-corrected chi connectivity index (χ3v) is 5.08. The van der Waals surface area contributed by atoms with Gasteiger partial charge in [-0.2, -0.15) is 0 Å². The fourth-order valence-electron chi connectivity index (χ4n) is 3.26. The van der Waals surface area contributed by atoms with E-state index in [9.17, 15) is 0 Å². The fraction of sp³-hybridized carbons (Fsp3) is 0.261. The van der Waals surface area contributed by atoms with Crippen LogP contribution < -0.4 is 20.1 Å². The molecule has 31 heavy (non-hydrogen) atoms. The zero-order chi connectivity index (χ0) is 21.5. The lowest BCUT2D eigenvalue weighted by Gasteiger charge is -2.15. The van der Waals surface area contributed by atoms with Gasteiger partial charge in [-0.05, 0) is 30.2 Å². The van der Waals surface area contributed by atoms with Gasteiger partial charge in [0.25, 0.3) is 0 Å². The van der Waals surface area contributed by atoms with Crippen molar-refractivity contribution in [1.29, 1.82) is 0 Å². The summed E-state index contributed by atoms with van der Waals surface area (Å²) in [5, 5.41) is 8.18. The van der Waals surface area contributed by atoms with E-state index in [1.54, 1.807) is 7.11 Å². The van der Waals surface area contributed by atoms with Gasteiger partial charge >= 0.3 is 0 Å². The maximum absolute atomic E-state index is 6.27. The number of aliphatic imine (C=N–C) groups is 1. The predicted molar refractivity (Wildman–Crippen MR) is 125 cm³/mol. The molecule has 1 aromatic heterocycles. The van der Waals surface area contributed by atoms with Gasteiger partial charge in [0.1, 0.15) is 12.1 Å². The van der Waals surface area contributed by atoms with Crippen molar-refractivity contribution in [2.75, 3.05) is 32.1 Å². The van der Waals surface area contributed by atoms with Crippen LogP contribution in [0.1, 0.15) is 12.0 Å². The van der Waals surface area contributed by atoms with Gasteiger partial charge in [0, 0.05) is 41.5 Å². The molecule has 0 spiro atoms. The maximum atomic E-state index is 6.27. The molecule has 8 heteroatoms. The summed E-state index contributed by atoms with van der Waals surface area (Å²) in [4.78, 5) is 13.4. The highest BCUT2D eigenvalue weighted by Gasteiger charge is 2.13. The number of anilines is 2. The summed E-state index contributed by atoms with van der Waals surface area (Å²) in [7, 11) is 1.62. The quantitative estimate of drug-likeness (QED) is 0.544. The van der Waals surface area contributed by atoms with Crippen LogP contribution >= 0.6 is 11.6 Å². The van der Waals surface area contributed by atoms with Crippen LogP contribution in [0.25, 0.3) is 10.9 Å². The second-order valence-corrected chi connectivity index (χ2v) is 7.40. The smallest absolute Gasteiger partial charge is 0.162 e. The largest absolute Gasteiger partial charge is 0.493 e. The third-order valence-electron chi connectivity index (χ3n) is 4.84. The molecule has 7 nitrogen and oxygen atoms in total. The molecular formula is C23H24ClN5O2. The Morgan fingerprint density at radius 2 is 2.03 bits per heavy atom. The molecule has 0 fully saturated rings. The number of hydrogen-bond donors (Lipinski definition) is 2. The Balaban J connectivity index is 1.77. The molecular weight excluding hydrogens is 414 g/mol. The van der Waals surface area contributed by atoms with Gasteiger partial charge in [-0.25, -0.2) is 9.97 Å². The van der Waals surface area contributed by atoms with Gasteiger partial charge in [-0.3, -0.25) is 4.99 Å². The standard InChI is InChI=1S/C23H24ClN5O2/c1-30-21-13-20-18-12-22(21)31-10-4-2-3-7-25-8-9-26-14-16-5-6-17(24)11-19(16)29-23(18)28-15-27-20/h2-3,5-6,9,11-13,15,25H,4,7-8,10,14H2,1H3,(H,27,28,29)/b3-2-,26-9?. The average Bonchev–Trinajstić information content (AvgIpc) is 2.78. The lowest BCUT2D eigenvalue weighted by atomic mass is 10.1. The van der Waals surface area contributed by atoms with Crippen LogP contribution in [-0.2, 0) is 6.54 Å². The molecule has 160 valence electrons. The zero-order valence-corrected chi connectivity index (χ0v) is 18.0. The van der Waals surface area contributed by atoms with E-state index in [2.05, 4.69) is 37.7 Å². The molecule has 0 unspecified atom stereocenters. The minimum atomic E-state index is 0.530. The third kappa shape index (κ3) is 5.31. The minimum Gasteiger partial charge on any atom is -0.493 e. The molecule has 0 amide bonds. The van der Waals surface area contributed by atoms with Crippen LogP contribution in [0, 0.1) is 0 Å². The van der Waals surface area contributed by atoms with E-state index in [0.717, 1.165) is 35.1 Å². The number of aromatic nitrogens is 2. The Bertz CT molecular complexity index is 1120. The van der Waals surface area contributed by atoms with Crippen LogP contribution in [-0.4, -0.2) is 43.0 Å². The summed E-state index contributed by atoms with van der Waals surface area (Å²) in [5.41, 5.74) is 2.61. The second-order valence-electron chi connectivity index (χ2n) is 6.96. The molecule has 0 radical (unpaired) electrons. The first-order chi connectivity index (χ1) is 15.2. The molecule has 0 saturated heterocycles. The summed E-state index contributed by atoms with van der Waals surface area (Å²) >= 11 is 6.27. The summed E-state index contributed by atoms with van der Waals surface area (Å²) in [6, 6.07) is 9.48. The molecule has 0 atom stereocenters. The van der Waals surface area contributed by atoms with Crippen LogP contribution in [0.2, 0.25) is 5.02 Å². The number of ether oxygens (including phenoxy) is 2. The van der Waals surface area contributed by atoms with E-state index >= 15 is 0 Å². The van der Waals surface area contributed by atoms with Crippen molar-refractivity contribution >= 4 is 40.2 Å². The molecule has 2 bridgehead atoms. The van der Waals surface area contributed by atoms with Crippen LogP contribution in [0.15, 0.2) is 53.8 Å². The van der Waals surface area contributed by atoms with Gasteiger partial charge < -0.3 is 20.1 Å². The van der Waals surface area contributed by atoms with E-state index in [0.29, 0.717) is 42.0 Å². The second kappa shape index (κ2) is 10.2. The van der Waals surface area contributed by atoms with Crippen molar-refractivity contribution < 1.29 is 9.47 Å². The number of rotatable bonds is 1. The monoisotopic (exact) mass is 437 g/mol. The molecule has 0 aliphatic carbocycles. The molecule has 4 rings (SSSR count). The highest BCUT2D eigenvalue weighted by Crippen LogP contribution is 2.35. The Morgan fingerprint density at radius 1 is 1.10 bits per heavy atom. The van der Waals surface area contributed by atoms with Crippen LogP contribution in [0.5, 0.6) is 11.5 Å². The number of hydrogen-bond acceptors (Lipinski definition) is 7. The number of fused-ring (bicyclic) bond motifs is 2. The van der Waals surface area contributed by atoms with E-state index in [1.165, 1.54) is 6.33 Å². The van der Waals surface area contributed by atoms with Crippen LogP contribution in [0.3, 0.4) is 0 Å². The average molecular weight is 438 g/mol. The minimum absolute atomic E-state index is 0.530. The van der Waals surface area contributed by atoms with E-state index in [4.69, 9.17) is 21.1 Å². The SMILES string of the molecule is COc1cc2ncnc3c2cc1OCC/C=C\CNCC=NCc1ccc(Cl)cc1N3. The molecule has 2 aromatic carbocycles. The van der Waals surface area contributed by atoms with Crippen molar-refractivity contribution in [2.45, 2.75) is 13.0 Å². The Labute approximate surface area is 186 Å². The summed E-state index contributed by atoms with van der Waals surface area (Å²) in [6.45, 7) is 2.54. The number of nitrogens with zero attached hydrogens (tertiary/aromatic N) is 3.